The second-order valence-electron chi connectivity index (χ2n) is 9.23. The molecule has 2 unspecified atom stereocenters. The third-order valence-corrected chi connectivity index (χ3v) is 7.98. The number of aromatic nitrogens is 3. The SMILES string of the molecule is CCOC(=O)C(Cl)Cc1cc(-n2nc(C)n(C(F)F)c2=O)c(F)cc1Cl.COCC(C)N(C(=O)CCl)c1c(C)csc1C. The fourth-order valence-electron chi connectivity index (χ4n) is 4.16. The zero-order valence-corrected chi connectivity index (χ0v) is 27.4. The van der Waals surface area contributed by atoms with Crippen molar-refractivity contribution in [2.75, 3.05) is 31.1 Å². The van der Waals surface area contributed by atoms with Crippen molar-refractivity contribution in [1.82, 2.24) is 14.3 Å². The van der Waals surface area contributed by atoms with Crippen LogP contribution in [-0.2, 0) is 25.5 Å². The van der Waals surface area contributed by atoms with Gasteiger partial charge in [0, 0.05) is 23.4 Å². The summed E-state index contributed by atoms with van der Waals surface area (Å²) in [5.74, 6) is -2.01. The lowest BCUT2D eigenvalue weighted by atomic mass is 10.1. The number of thiophene rings is 1. The summed E-state index contributed by atoms with van der Waals surface area (Å²) in [6, 6.07) is 2.01. The molecule has 3 aromatic rings. The van der Waals surface area contributed by atoms with Crippen LogP contribution < -0.4 is 10.6 Å². The highest BCUT2D eigenvalue weighted by Gasteiger charge is 2.26. The number of rotatable bonds is 11. The first-order chi connectivity index (χ1) is 20.2. The van der Waals surface area contributed by atoms with Gasteiger partial charge in [-0.1, -0.05) is 11.6 Å². The maximum absolute atomic E-state index is 14.2. The number of hydrogen-bond acceptors (Lipinski definition) is 7. The van der Waals surface area contributed by atoms with E-state index >= 15 is 0 Å². The van der Waals surface area contributed by atoms with Gasteiger partial charge in [-0.25, -0.2) is 13.8 Å². The number of esters is 1. The molecule has 0 radical (unpaired) electrons. The van der Waals surface area contributed by atoms with E-state index in [1.807, 2.05) is 20.8 Å². The third kappa shape index (κ3) is 8.98. The van der Waals surface area contributed by atoms with Crippen LogP contribution in [0.5, 0.6) is 0 Å². The molecule has 1 amide bonds. The van der Waals surface area contributed by atoms with Crippen LogP contribution >= 0.6 is 46.1 Å². The Bertz CT molecular complexity index is 1460. The normalized spacial score (nSPS) is 12.5. The Morgan fingerprint density at radius 3 is 2.35 bits per heavy atom. The highest BCUT2D eigenvalue weighted by molar-refractivity contribution is 7.10. The van der Waals surface area contributed by atoms with Crippen LogP contribution in [0.15, 0.2) is 22.3 Å². The minimum atomic E-state index is -3.12. The molecule has 0 spiro atoms. The molecule has 2 heterocycles. The average Bonchev–Trinajstić information content (AvgIpc) is 3.42. The van der Waals surface area contributed by atoms with Crippen molar-refractivity contribution in [2.45, 2.75) is 59.0 Å². The quantitative estimate of drug-likeness (QED) is 0.176. The van der Waals surface area contributed by atoms with E-state index < -0.39 is 29.4 Å². The van der Waals surface area contributed by atoms with E-state index in [1.54, 1.807) is 30.3 Å². The molecular weight excluding hydrogens is 656 g/mol. The van der Waals surface area contributed by atoms with E-state index in [2.05, 4.69) is 10.5 Å². The molecule has 43 heavy (non-hydrogen) atoms. The van der Waals surface area contributed by atoms with E-state index in [4.69, 9.17) is 44.3 Å². The Morgan fingerprint density at radius 2 is 1.86 bits per heavy atom. The van der Waals surface area contributed by atoms with Gasteiger partial charge in [0.05, 0.1) is 24.9 Å². The molecule has 0 fully saturated rings. The smallest absolute Gasteiger partial charge is 0.355 e. The largest absolute Gasteiger partial charge is 0.465 e. The third-order valence-electron chi connectivity index (χ3n) is 6.05. The Morgan fingerprint density at radius 1 is 1.21 bits per heavy atom. The molecule has 0 N–H and O–H groups in total. The van der Waals surface area contributed by atoms with Gasteiger partial charge in [-0.05, 0) is 63.3 Å². The van der Waals surface area contributed by atoms with E-state index in [0.29, 0.717) is 11.3 Å². The Labute approximate surface area is 266 Å². The van der Waals surface area contributed by atoms with Gasteiger partial charge in [-0.2, -0.15) is 13.5 Å². The molecule has 16 heteroatoms. The lowest BCUT2D eigenvalue weighted by Crippen LogP contribution is -2.42. The highest BCUT2D eigenvalue weighted by atomic mass is 35.5. The van der Waals surface area contributed by atoms with Crippen LogP contribution in [0.1, 0.15) is 42.2 Å². The minimum Gasteiger partial charge on any atom is -0.465 e. The van der Waals surface area contributed by atoms with Crippen molar-refractivity contribution < 1.29 is 32.2 Å². The lowest BCUT2D eigenvalue weighted by molar-refractivity contribution is -0.142. The van der Waals surface area contributed by atoms with Gasteiger partial charge in [0.15, 0.2) is 5.82 Å². The molecule has 0 saturated carbocycles. The summed E-state index contributed by atoms with van der Waals surface area (Å²) >= 11 is 19.2. The standard InChI is InChI=1S/C15H14Cl2F3N3O3.C12H18ClNO2S/c1-3-26-13(24)10(17)4-8-5-12(11(18)6-9(8)16)23-15(25)22(14(19)20)7(2)21-23;1-8-7-17-10(3)12(8)14(11(15)5-13)9(2)6-16-4/h5-6,10,14H,3-4H2,1-2H3;7,9H,5-6H2,1-4H3. The highest BCUT2D eigenvalue weighted by Crippen LogP contribution is 2.32. The molecular formula is C27H32Cl3F3N4O5S. The van der Waals surface area contributed by atoms with Crippen LogP contribution in [0.2, 0.25) is 5.02 Å². The molecule has 2 aromatic heterocycles. The first-order valence-corrected chi connectivity index (χ1v) is 15.1. The summed E-state index contributed by atoms with van der Waals surface area (Å²) in [6.45, 7) is 6.29. The predicted molar refractivity (Wildman–Crippen MR) is 162 cm³/mol. The summed E-state index contributed by atoms with van der Waals surface area (Å²) in [5.41, 5.74) is 0.716. The van der Waals surface area contributed by atoms with Crippen molar-refractivity contribution in [2.24, 2.45) is 0 Å². The molecule has 0 bridgehead atoms. The van der Waals surface area contributed by atoms with Gasteiger partial charge >= 0.3 is 18.2 Å². The van der Waals surface area contributed by atoms with Crippen molar-refractivity contribution in [3.63, 3.8) is 0 Å². The summed E-state index contributed by atoms with van der Waals surface area (Å²) in [4.78, 5) is 38.6. The van der Waals surface area contributed by atoms with Gasteiger partial charge < -0.3 is 14.4 Å². The monoisotopic (exact) mass is 686 g/mol. The zero-order valence-electron chi connectivity index (χ0n) is 24.3. The second-order valence-corrected chi connectivity index (χ2v) is 11.5. The zero-order chi connectivity index (χ0) is 32.6. The van der Waals surface area contributed by atoms with Crippen molar-refractivity contribution >= 4 is 63.7 Å². The average molecular weight is 688 g/mol. The van der Waals surface area contributed by atoms with Crippen molar-refractivity contribution in [1.29, 1.82) is 0 Å². The van der Waals surface area contributed by atoms with Crippen LogP contribution in [0, 0.1) is 26.6 Å². The molecule has 0 saturated heterocycles. The first-order valence-electron chi connectivity index (χ1n) is 12.9. The molecule has 0 aliphatic carbocycles. The first kappa shape index (κ1) is 36.6. The number of halogens is 6. The number of nitrogens with zero attached hydrogens (tertiary/aromatic N) is 4. The van der Waals surface area contributed by atoms with Crippen LogP contribution in [0.4, 0.5) is 18.9 Å². The van der Waals surface area contributed by atoms with Crippen molar-refractivity contribution in [3.8, 4) is 5.69 Å². The maximum atomic E-state index is 14.2. The summed E-state index contributed by atoms with van der Waals surface area (Å²) in [7, 11) is 1.63. The Hall–Kier alpha value is -2.58. The molecule has 238 valence electrons. The molecule has 1 aromatic carbocycles. The summed E-state index contributed by atoms with van der Waals surface area (Å²) < 4.78 is 50.6. The van der Waals surface area contributed by atoms with Gasteiger partial charge in [0.2, 0.25) is 5.91 Å². The number of carbonyl (C=O) groups is 2. The lowest BCUT2D eigenvalue weighted by Gasteiger charge is -2.29. The number of alkyl halides is 4. The number of benzene rings is 1. The minimum absolute atomic E-state index is 0.0111. The molecule has 2 atom stereocenters. The molecule has 0 aliphatic rings. The Balaban J connectivity index is 0.000000329. The van der Waals surface area contributed by atoms with Gasteiger partial charge in [0.1, 0.15) is 22.8 Å². The fraction of sp³-hybridized carbons (Fsp3) is 0.481. The van der Waals surface area contributed by atoms with Crippen molar-refractivity contribution in [3.05, 3.63) is 60.7 Å². The van der Waals surface area contributed by atoms with Gasteiger partial charge in [-0.15, -0.1) is 39.6 Å². The summed E-state index contributed by atoms with van der Waals surface area (Å²) in [5, 5.41) is 4.57. The molecule has 3 rings (SSSR count). The molecule has 9 nitrogen and oxygen atoms in total. The Kier molecular flexibility index (Phi) is 14.0. The second kappa shape index (κ2) is 16.5. The number of carbonyl (C=O) groups excluding carboxylic acids is 2. The maximum Gasteiger partial charge on any atom is 0.355 e. The van der Waals surface area contributed by atoms with Crippen LogP contribution in [-0.4, -0.2) is 63.8 Å². The fourth-order valence-corrected chi connectivity index (χ4v) is 5.58. The number of aryl methyl sites for hydroxylation is 3. The number of anilines is 1. The van der Waals surface area contributed by atoms with Gasteiger partial charge in [-0.3, -0.25) is 9.59 Å². The van der Waals surface area contributed by atoms with E-state index in [1.165, 1.54) is 6.92 Å². The number of amides is 1. The van der Waals surface area contributed by atoms with Gasteiger partial charge in [0.25, 0.3) is 0 Å². The number of ether oxygens (including phenoxy) is 2. The topological polar surface area (TPSA) is 95.7 Å². The number of methoxy groups -OCH3 is 1. The summed E-state index contributed by atoms with van der Waals surface area (Å²) in [6.07, 6.45) is -0.115. The van der Waals surface area contributed by atoms with Crippen LogP contribution in [0.25, 0.3) is 5.69 Å². The van der Waals surface area contributed by atoms with Crippen LogP contribution in [0.3, 0.4) is 0 Å². The molecule has 0 aliphatic heterocycles. The van der Waals surface area contributed by atoms with E-state index in [9.17, 15) is 27.6 Å². The predicted octanol–water partition coefficient (Wildman–Crippen LogP) is 6.21. The number of hydrogen-bond donors (Lipinski definition) is 0. The van der Waals surface area contributed by atoms with E-state index in [-0.39, 0.29) is 57.5 Å². The van der Waals surface area contributed by atoms with E-state index in [0.717, 1.165) is 28.3 Å².